The van der Waals surface area contributed by atoms with E-state index in [1.165, 1.54) is 4.90 Å². The molecule has 4 amide bonds. The van der Waals surface area contributed by atoms with Crippen molar-refractivity contribution in [2.75, 3.05) is 5.32 Å². The third kappa shape index (κ3) is 4.40. The van der Waals surface area contributed by atoms with Gasteiger partial charge in [0.05, 0.1) is 0 Å². The number of hydrogen-bond donors (Lipinski definition) is 2. The molecule has 4 rings (SSSR count). The van der Waals surface area contributed by atoms with E-state index in [2.05, 4.69) is 15.6 Å². The van der Waals surface area contributed by atoms with Crippen LogP contribution < -0.4 is 10.6 Å². The molecule has 2 aliphatic heterocycles. The summed E-state index contributed by atoms with van der Waals surface area (Å²) in [5.41, 5.74) is 3.40. The first-order valence-corrected chi connectivity index (χ1v) is 10.1. The van der Waals surface area contributed by atoms with Crippen LogP contribution in [0, 0.1) is 0 Å². The first-order chi connectivity index (χ1) is 14.9. The Labute approximate surface area is 178 Å². The molecule has 0 bridgehead atoms. The summed E-state index contributed by atoms with van der Waals surface area (Å²) in [6.07, 6.45) is 2.29. The second kappa shape index (κ2) is 8.55. The molecule has 1 aromatic carbocycles. The Kier molecular flexibility index (Phi) is 5.66. The summed E-state index contributed by atoms with van der Waals surface area (Å²) in [5.74, 6) is -1.03. The molecular formula is C22H22N4O5. The van der Waals surface area contributed by atoms with Gasteiger partial charge in [0.2, 0.25) is 11.8 Å². The van der Waals surface area contributed by atoms with Crippen molar-refractivity contribution in [1.82, 2.24) is 15.2 Å². The molecule has 31 heavy (non-hydrogen) atoms. The number of benzene rings is 1. The smallest absolute Gasteiger partial charge is 0.411 e. The van der Waals surface area contributed by atoms with Crippen LogP contribution in [0.25, 0.3) is 0 Å². The predicted octanol–water partition coefficient (Wildman–Crippen LogP) is 2.15. The number of aromatic nitrogens is 1. The van der Waals surface area contributed by atoms with Crippen LogP contribution in [0.15, 0.2) is 36.5 Å². The van der Waals surface area contributed by atoms with E-state index < -0.39 is 18.0 Å². The van der Waals surface area contributed by atoms with Crippen molar-refractivity contribution >= 4 is 29.5 Å². The number of rotatable bonds is 5. The average molecular weight is 422 g/mol. The normalized spacial score (nSPS) is 17.9. The Balaban J connectivity index is 1.38. The summed E-state index contributed by atoms with van der Waals surface area (Å²) in [6.45, 7) is 2.28. The van der Waals surface area contributed by atoms with Crippen molar-refractivity contribution in [2.45, 2.75) is 45.4 Å². The number of fused-ring (bicyclic) bond motifs is 1. The molecule has 0 aliphatic carbocycles. The highest BCUT2D eigenvalue weighted by molar-refractivity contribution is 6.05. The highest BCUT2D eigenvalue weighted by atomic mass is 16.5. The van der Waals surface area contributed by atoms with Gasteiger partial charge in [-0.15, -0.1) is 0 Å². The van der Waals surface area contributed by atoms with Crippen molar-refractivity contribution < 1.29 is 23.9 Å². The zero-order valence-corrected chi connectivity index (χ0v) is 17.0. The Morgan fingerprint density at radius 3 is 2.87 bits per heavy atom. The summed E-state index contributed by atoms with van der Waals surface area (Å²) in [4.78, 5) is 54.1. The predicted molar refractivity (Wildman–Crippen MR) is 110 cm³/mol. The van der Waals surface area contributed by atoms with Gasteiger partial charge in [-0.25, -0.2) is 4.79 Å². The molecule has 3 heterocycles. The summed E-state index contributed by atoms with van der Waals surface area (Å²) < 4.78 is 5.28. The van der Waals surface area contributed by atoms with Crippen LogP contribution in [-0.4, -0.2) is 39.7 Å². The number of carbonyl (C=O) groups excluding carboxylic acids is 4. The molecule has 9 nitrogen and oxygen atoms in total. The van der Waals surface area contributed by atoms with Crippen LogP contribution in [-0.2, 0) is 33.9 Å². The molecule has 1 fully saturated rings. The van der Waals surface area contributed by atoms with Crippen molar-refractivity contribution in [3.63, 3.8) is 0 Å². The number of anilines is 1. The van der Waals surface area contributed by atoms with E-state index in [-0.39, 0.29) is 24.8 Å². The number of nitrogens with zero attached hydrogens (tertiary/aromatic N) is 2. The Hall–Kier alpha value is -3.75. The molecule has 1 aromatic heterocycles. The van der Waals surface area contributed by atoms with Gasteiger partial charge in [0.1, 0.15) is 12.6 Å². The van der Waals surface area contributed by atoms with E-state index >= 15 is 0 Å². The largest absolute Gasteiger partial charge is 0.444 e. The average Bonchev–Trinajstić information content (AvgIpc) is 3.08. The maximum atomic E-state index is 12.8. The number of imide groups is 1. The summed E-state index contributed by atoms with van der Waals surface area (Å²) in [7, 11) is 0. The lowest BCUT2D eigenvalue weighted by Crippen LogP contribution is -2.52. The van der Waals surface area contributed by atoms with E-state index in [1.807, 2.05) is 6.92 Å². The number of amides is 4. The molecule has 0 radical (unpaired) electrons. The van der Waals surface area contributed by atoms with Crippen molar-refractivity contribution in [1.29, 1.82) is 0 Å². The van der Waals surface area contributed by atoms with Crippen LogP contribution in [0.4, 0.5) is 10.5 Å². The molecular weight excluding hydrogens is 400 g/mol. The van der Waals surface area contributed by atoms with E-state index in [0.717, 1.165) is 17.7 Å². The topological polar surface area (TPSA) is 118 Å². The minimum atomic E-state index is -0.656. The lowest BCUT2D eigenvalue weighted by Gasteiger charge is -2.29. The molecule has 2 N–H and O–H groups in total. The molecule has 1 saturated heterocycles. The van der Waals surface area contributed by atoms with Gasteiger partial charge in [-0.1, -0.05) is 19.1 Å². The van der Waals surface area contributed by atoms with Crippen LogP contribution in [0.3, 0.4) is 0 Å². The van der Waals surface area contributed by atoms with Crippen LogP contribution in [0.2, 0.25) is 0 Å². The van der Waals surface area contributed by atoms with Crippen LogP contribution in [0.1, 0.15) is 46.9 Å². The van der Waals surface area contributed by atoms with Crippen molar-refractivity contribution in [3.05, 3.63) is 58.9 Å². The fourth-order valence-electron chi connectivity index (χ4n) is 3.74. The molecule has 2 aliphatic rings. The maximum Gasteiger partial charge on any atom is 0.411 e. The van der Waals surface area contributed by atoms with Gasteiger partial charge in [-0.05, 0) is 42.2 Å². The highest BCUT2D eigenvalue weighted by Crippen LogP contribution is 2.28. The van der Waals surface area contributed by atoms with Gasteiger partial charge >= 0.3 is 6.09 Å². The Morgan fingerprint density at radius 1 is 1.26 bits per heavy atom. The second-order valence-electron chi connectivity index (χ2n) is 7.48. The second-order valence-corrected chi connectivity index (χ2v) is 7.48. The quantitative estimate of drug-likeness (QED) is 0.713. The minimum absolute atomic E-state index is 0.00344. The third-order valence-electron chi connectivity index (χ3n) is 5.39. The summed E-state index contributed by atoms with van der Waals surface area (Å²) in [6, 6.07) is 8.06. The van der Waals surface area contributed by atoms with Crippen molar-refractivity contribution in [2.24, 2.45) is 0 Å². The van der Waals surface area contributed by atoms with Gasteiger partial charge in [-0.2, -0.15) is 0 Å². The summed E-state index contributed by atoms with van der Waals surface area (Å²) >= 11 is 0. The van der Waals surface area contributed by atoms with Crippen LogP contribution in [0.5, 0.6) is 0 Å². The highest BCUT2D eigenvalue weighted by Gasteiger charge is 2.39. The van der Waals surface area contributed by atoms with E-state index in [1.54, 1.807) is 36.5 Å². The number of ether oxygens (including phenoxy) is 1. The fourth-order valence-corrected chi connectivity index (χ4v) is 3.74. The van der Waals surface area contributed by atoms with E-state index in [9.17, 15) is 19.2 Å². The van der Waals surface area contributed by atoms with E-state index in [0.29, 0.717) is 29.8 Å². The lowest BCUT2D eigenvalue weighted by atomic mass is 10.0. The first kappa shape index (κ1) is 20.5. The number of piperidine rings is 1. The molecule has 2 aromatic rings. The van der Waals surface area contributed by atoms with Gasteiger partial charge < -0.3 is 9.64 Å². The SMILES string of the molecule is CCc1cc(NC(=O)OCc2ccc3c(c2)C(=O)N(C2CCC(=O)NC2=O)C3)ccn1. The lowest BCUT2D eigenvalue weighted by molar-refractivity contribution is -0.136. The maximum absolute atomic E-state index is 12.8. The molecule has 0 spiro atoms. The minimum Gasteiger partial charge on any atom is -0.444 e. The zero-order valence-electron chi connectivity index (χ0n) is 17.0. The van der Waals surface area contributed by atoms with Crippen LogP contribution >= 0.6 is 0 Å². The van der Waals surface area contributed by atoms with Crippen molar-refractivity contribution in [3.8, 4) is 0 Å². The van der Waals surface area contributed by atoms with E-state index in [4.69, 9.17) is 4.74 Å². The first-order valence-electron chi connectivity index (χ1n) is 10.1. The van der Waals surface area contributed by atoms with Gasteiger partial charge in [-0.3, -0.25) is 30.0 Å². The third-order valence-corrected chi connectivity index (χ3v) is 5.39. The number of hydrogen-bond acceptors (Lipinski definition) is 6. The molecule has 1 unspecified atom stereocenters. The van der Waals surface area contributed by atoms with Gasteiger partial charge in [0.15, 0.2) is 0 Å². The number of pyridine rings is 1. The fraction of sp³-hybridized carbons (Fsp3) is 0.318. The molecule has 9 heteroatoms. The monoisotopic (exact) mass is 422 g/mol. The number of nitrogens with one attached hydrogen (secondary N) is 2. The summed E-state index contributed by atoms with van der Waals surface area (Å²) in [5, 5.41) is 4.94. The molecule has 0 saturated carbocycles. The Morgan fingerprint density at radius 2 is 2.10 bits per heavy atom. The molecule has 160 valence electrons. The molecule has 1 atom stereocenters. The van der Waals surface area contributed by atoms with Gasteiger partial charge in [0, 0.05) is 36.1 Å². The number of carbonyl (C=O) groups is 4. The van der Waals surface area contributed by atoms with Gasteiger partial charge in [0.25, 0.3) is 5.91 Å². The Bertz CT molecular complexity index is 1070. The standard InChI is InChI=1S/C22H22N4O5/c1-2-15-10-16(7-8-23-15)24-22(30)31-12-13-3-4-14-11-26(21(29)17(14)9-13)18-5-6-19(27)25-20(18)28/h3-4,7-10,18H,2,5-6,11-12H2,1H3,(H,23,24,30)(H,25,27,28). The zero-order chi connectivity index (χ0) is 22.0. The number of aryl methyl sites for hydroxylation is 1.